The molecule has 1 amide bonds. The van der Waals surface area contributed by atoms with Crippen molar-refractivity contribution >= 4 is 21.8 Å². The zero-order valence-electron chi connectivity index (χ0n) is 12.3. The first-order valence-corrected chi connectivity index (χ1v) is 9.30. The zero-order chi connectivity index (χ0) is 13.8. The lowest BCUT2D eigenvalue weighted by Crippen LogP contribution is -2.33. The smallest absolute Gasteiger partial charge is 0.222 e. The van der Waals surface area contributed by atoms with Gasteiger partial charge in [-0.1, -0.05) is 60.9 Å². The average molecular weight is 332 g/mol. The lowest BCUT2D eigenvalue weighted by Gasteiger charge is -2.24. The van der Waals surface area contributed by atoms with Gasteiger partial charge in [-0.05, 0) is 25.7 Å². The zero-order valence-corrected chi connectivity index (χ0v) is 13.9. The minimum Gasteiger partial charge on any atom is -0.343 e. The molecule has 1 aliphatic heterocycles. The number of amides is 1. The third-order valence-corrected chi connectivity index (χ3v) is 4.54. The highest BCUT2D eigenvalue weighted by atomic mass is 79.9. The second kappa shape index (κ2) is 11.7. The summed E-state index contributed by atoms with van der Waals surface area (Å²) in [6.07, 6.45) is 14.9. The summed E-state index contributed by atoms with van der Waals surface area (Å²) < 4.78 is 0. The Bertz CT molecular complexity index is 233. The van der Waals surface area contributed by atoms with Crippen LogP contribution in [0, 0.1) is 0 Å². The van der Waals surface area contributed by atoms with E-state index in [1.165, 1.54) is 64.2 Å². The van der Waals surface area contributed by atoms with Crippen LogP contribution >= 0.6 is 15.9 Å². The maximum absolute atomic E-state index is 11.9. The van der Waals surface area contributed by atoms with Crippen molar-refractivity contribution in [2.75, 3.05) is 18.4 Å². The first-order chi connectivity index (χ1) is 9.34. The lowest BCUT2D eigenvalue weighted by molar-refractivity contribution is -0.131. The Balaban J connectivity index is 1.99. The van der Waals surface area contributed by atoms with E-state index in [4.69, 9.17) is 0 Å². The normalized spacial score (nSPS) is 17.3. The highest BCUT2D eigenvalue weighted by molar-refractivity contribution is 9.09. The fourth-order valence-electron chi connectivity index (χ4n) is 2.73. The van der Waals surface area contributed by atoms with E-state index >= 15 is 0 Å². The molecule has 0 spiro atoms. The van der Waals surface area contributed by atoms with Crippen molar-refractivity contribution in [1.82, 2.24) is 4.90 Å². The van der Waals surface area contributed by atoms with E-state index in [-0.39, 0.29) is 0 Å². The molecule has 1 fully saturated rings. The van der Waals surface area contributed by atoms with Crippen LogP contribution in [0.3, 0.4) is 0 Å². The van der Waals surface area contributed by atoms with Crippen molar-refractivity contribution in [3.8, 4) is 0 Å². The molecular formula is C16H30BrNO. The van der Waals surface area contributed by atoms with Crippen LogP contribution in [0.4, 0.5) is 0 Å². The topological polar surface area (TPSA) is 20.3 Å². The Labute approximate surface area is 127 Å². The van der Waals surface area contributed by atoms with Crippen molar-refractivity contribution in [2.24, 2.45) is 0 Å². The molecule has 1 rings (SSSR count). The number of likely N-dealkylation sites (tertiary alicyclic amines) is 1. The van der Waals surface area contributed by atoms with Gasteiger partial charge in [0, 0.05) is 24.8 Å². The van der Waals surface area contributed by atoms with Crippen LogP contribution in [0.5, 0.6) is 0 Å². The molecule has 0 aromatic rings. The van der Waals surface area contributed by atoms with Gasteiger partial charge in [0.25, 0.3) is 0 Å². The number of rotatable bonds is 9. The molecule has 0 bridgehead atoms. The second-order valence-electron chi connectivity index (χ2n) is 5.71. The van der Waals surface area contributed by atoms with Crippen LogP contribution in [0.2, 0.25) is 0 Å². The summed E-state index contributed by atoms with van der Waals surface area (Å²) in [5, 5.41) is 1.14. The minimum atomic E-state index is 0.400. The van der Waals surface area contributed by atoms with E-state index in [0.29, 0.717) is 5.91 Å². The van der Waals surface area contributed by atoms with Gasteiger partial charge in [0.05, 0.1) is 0 Å². The molecule has 0 N–H and O–H groups in total. The van der Waals surface area contributed by atoms with E-state index in [9.17, 15) is 4.79 Å². The Morgan fingerprint density at radius 3 is 2.21 bits per heavy atom. The van der Waals surface area contributed by atoms with Crippen molar-refractivity contribution in [3.63, 3.8) is 0 Å². The number of nitrogens with zero attached hydrogens (tertiary/aromatic N) is 1. The van der Waals surface area contributed by atoms with E-state index in [1.54, 1.807) is 0 Å². The summed E-state index contributed by atoms with van der Waals surface area (Å²) in [6.45, 7) is 2.00. The molecule has 1 aliphatic rings. The SMILES string of the molecule is O=C1CCCCCCN1CCCCCCCCCBr. The van der Waals surface area contributed by atoms with E-state index in [2.05, 4.69) is 20.8 Å². The van der Waals surface area contributed by atoms with Crippen molar-refractivity contribution in [1.29, 1.82) is 0 Å². The Kier molecular flexibility index (Phi) is 10.5. The summed E-state index contributed by atoms with van der Waals surface area (Å²) in [5.74, 6) is 0.400. The minimum absolute atomic E-state index is 0.400. The number of unbranched alkanes of at least 4 members (excludes halogenated alkanes) is 6. The summed E-state index contributed by atoms with van der Waals surface area (Å²) >= 11 is 3.47. The molecule has 19 heavy (non-hydrogen) atoms. The largest absolute Gasteiger partial charge is 0.343 e. The van der Waals surface area contributed by atoms with Crippen LogP contribution in [-0.4, -0.2) is 29.2 Å². The molecule has 0 atom stereocenters. The standard InChI is InChI=1S/C16H30BrNO/c17-13-9-5-2-1-3-6-10-14-18-15-11-7-4-8-12-16(18)19/h1-15H2. The van der Waals surface area contributed by atoms with Crippen LogP contribution in [0.15, 0.2) is 0 Å². The van der Waals surface area contributed by atoms with Crippen molar-refractivity contribution in [3.05, 3.63) is 0 Å². The number of hydrogen-bond donors (Lipinski definition) is 0. The van der Waals surface area contributed by atoms with Crippen LogP contribution in [-0.2, 0) is 4.79 Å². The Hall–Kier alpha value is -0.0500. The summed E-state index contributed by atoms with van der Waals surface area (Å²) in [7, 11) is 0. The van der Waals surface area contributed by atoms with Gasteiger partial charge >= 0.3 is 0 Å². The molecule has 0 saturated carbocycles. The molecule has 0 unspecified atom stereocenters. The van der Waals surface area contributed by atoms with Crippen LogP contribution < -0.4 is 0 Å². The summed E-state index contributed by atoms with van der Waals surface area (Å²) in [6, 6.07) is 0. The van der Waals surface area contributed by atoms with E-state index in [1.807, 2.05) is 0 Å². The number of alkyl halides is 1. The van der Waals surface area contributed by atoms with Gasteiger partial charge in [-0.15, -0.1) is 0 Å². The predicted octanol–water partition coefficient (Wildman–Crippen LogP) is 4.90. The maximum atomic E-state index is 11.9. The number of halogens is 1. The second-order valence-corrected chi connectivity index (χ2v) is 6.50. The summed E-state index contributed by atoms with van der Waals surface area (Å²) in [5.41, 5.74) is 0. The van der Waals surface area contributed by atoms with Gasteiger partial charge in [-0.3, -0.25) is 4.79 Å². The highest BCUT2D eigenvalue weighted by Crippen LogP contribution is 2.13. The predicted molar refractivity (Wildman–Crippen MR) is 85.8 cm³/mol. The van der Waals surface area contributed by atoms with Gasteiger partial charge in [0.1, 0.15) is 0 Å². The summed E-state index contributed by atoms with van der Waals surface area (Å²) in [4.78, 5) is 14.0. The third-order valence-electron chi connectivity index (χ3n) is 3.98. The highest BCUT2D eigenvalue weighted by Gasteiger charge is 2.14. The number of carbonyl (C=O) groups is 1. The third kappa shape index (κ3) is 8.67. The fraction of sp³-hybridized carbons (Fsp3) is 0.938. The Morgan fingerprint density at radius 1 is 0.842 bits per heavy atom. The lowest BCUT2D eigenvalue weighted by atomic mass is 10.1. The first kappa shape index (κ1) is 17.0. The van der Waals surface area contributed by atoms with Gasteiger partial charge in [0.2, 0.25) is 5.91 Å². The van der Waals surface area contributed by atoms with Gasteiger partial charge in [0.15, 0.2) is 0 Å². The average Bonchev–Trinajstić information content (AvgIpc) is 2.40. The molecule has 112 valence electrons. The molecule has 3 heteroatoms. The molecule has 0 aromatic carbocycles. The number of hydrogen-bond acceptors (Lipinski definition) is 1. The van der Waals surface area contributed by atoms with Crippen LogP contribution in [0.25, 0.3) is 0 Å². The van der Waals surface area contributed by atoms with E-state index < -0.39 is 0 Å². The Morgan fingerprint density at radius 2 is 1.47 bits per heavy atom. The first-order valence-electron chi connectivity index (χ1n) is 8.18. The van der Waals surface area contributed by atoms with Crippen LogP contribution in [0.1, 0.15) is 77.0 Å². The van der Waals surface area contributed by atoms with Gasteiger partial charge in [-0.25, -0.2) is 0 Å². The molecule has 0 aliphatic carbocycles. The maximum Gasteiger partial charge on any atom is 0.222 e. The van der Waals surface area contributed by atoms with Crippen molar-refractivity contribution < 1.29 is 4.79 Å². The monoisotopic (exact) mass is 331 g/mol. The van der Waals surface area contributed by atoms with E-state index in [0.717, 1.165) is 31.3 Å². The van der Waals surface area contributed by atoms with Crippen molar-refractivity contribution in [2.45, 2.75) is 77.0 Å². The molecular weight excluding hydrogens is 302 g/mol. The molecule has 0 aromatic heterocycles. The van der Waals surface area contributed by atoms with Gasteiger partial charge in [-0.2, -0.15) is 0 Å². The molecule has 2 nitrogen and oxygen atoms in total. The number of carbonyl (C=O) groups excluding carboxylic acids is 1. The quantitative estimate of drug-likeness (QED) is 0.434. The molecule has 1 saturated heterocycles. The molecule has 0 radical (unpaired) electrons. The molecule has 1 heterocycles. The van der Waals surface area contributed by atoms with Gasteiger partial charge < -0.3 is 4.90 Å². The fourth-order valence-corrected chi connectivity index (χ4v) is 3.13.